The van der Waals surface area contributed by atoms with Gasteiger partial charge in [0.15, 0.2) is 0 Å². The van der Waals surface area contributed by atoms with Crippen molar-refractivity contribution in [1.82, 2.24) is 0 Å². The van der Waals surface area contributed by atoms with Crippen molar-refractivity contribution in [1.29, 1.82) is 0 Å². The lowest BCUT2D eigenvalue weighted by atomic mass is 10.1. The number of esters is 1. The van der Waals surface area contributed by atoms with Gasteiger partial charge in [0.2, 0.25) is 5.91 Å². The van der Waals surface area contributed by atoms with Gasteiger partial charge < -0.3 is 14.4 Å². The third-order valence-electron chi connectivity index (χ3n) is 4.18. The second-order valence-electron chi connectivity index (χ2n) is 6.00. The molecule has 0 aliphatic carbocycles. The van der Waals surface area contributed by atoms with E-state index in [2.05, 4.69) is 0 Å². The fourth-order valence-corrected chi connectivity index (χ4v) is 2.84. The Balaban J connectivity index is 1.63. The summed E-state index contributed by atoms with van der Waals surface area (Å²) >= 11 is 0. The predicted octanol–water partition coefficient (Wildman–Crippen LogP) is 2.95. The van der Waals surface area contributed by atoms with Crippen LogP contribution in [0.3, 0.4) is 0 Å². The SMILES string of the molecule is CCOc1ccc(N2C[C@H](C(=O)Oc3ccc([N+](=O)[O-])cc3)CC2=O)cc1. The molecule has 8 heteroatoms. The van der Waals surface area contributed by atoms with Crippen molar-refractivity contribution < 1.29 is 24.0 Å². The Hall–Kier alpha value is -3.42. The van der Waals surface area contributed by atoms with Gasteiger partial charge in [0.05, 0.1) is 17.4 Å². The number of rotatable bonds is 6. The Morgan fingerprint density at radius 3 is 2.37 bits per heavy atom. The monoisotopic (exact) mass is 370 g/mol. The molecule has 1 aliphatic rings. The largest absolute Gasteiger partial charge is 0.494 e. The van der Waals surface area contributed by atoms with Crippen molar-refractivity contribution in [2.45, 2.75) is 13.3 Å². The van der Waals surface area contributed by atoms with Gasteiger partial charge in [-0.05, 0) is 43.3 Å². The number of nitro groups is 1. The zero-order valence-electron chi connectivity index (χ0n) is 14.7. The predicted molar refractivity (Wildman–Crippen MR) is 96.8 cm³/mol. The first-order valence-corrected chi connectivity index (χ1v) is 8.47. The molecule has 0 unspecified atom stereocenters. The van der Waals surface area contributed by atoms with E-state index in [9.17, 15) is 19.7 Å². The van der Waals surface area contributed by atoms with Crippen molar-refractivity contribution in [3.63, 3.8) is 0 Å². The third-order valence-corrected chi connectivity index (χ3v) is 4.18. The van der Waals surface area contributed by atoms with Crippen molar-refractivity contribution >= 4 is 23.3 Å². The van der Waals surface area contributed by atoms with Crippen LogP contribution < -0.4 is 14.4 Å². The maximum absolute atomic E-state index is 12.3. The molecular weight excluding hydrogens is 352 g/mol. The van der Waals surface area contributed by atoms with E-state index in [0.717, 1.165) is 0 Å². The van der Waals surface area contributed by atoms with Gasteiger partial charge in [-0.3, -0.25) is 19.7 Å². The lowest BCUT2D eigenvalue weighted by Crippen LogP contribution is -2.27. The van der Waals surface area contributed by atoms with Crippen LogP contribution in [0.25, 0.3) is 0 Å². The topological polar surface area (TPSA) is 99.0 Å². The molecule has 0 N–H and O–H groups in total. The Morgan fingerprint density at radius 2 is 1.78 bits per heavy atom. The normalized spacial score (nSPS) is 16.3. The summed E-state index contributed by atoms with van der Waals surface area (Å²) in [6.45, 7) is 2.66. The Morgan fingerprint density at radius 1 is 1.15 bits per heavy atom. The molecule has 2 aromatic rings. The van der Waals surface area contributed by atoms with Gasteiger partial charge in [-0.25, -0.2) is 0 Å². The Kier molecular flexibility index (Phi) is 5.35. The minimum atomic E-state index is -0.598. The summed E-state index contributed by atoms with van der Waals surface area (Å²) in [7, 11) is 0. The lowest BCUT2D eigenvalue weighted by molar-refractivity contribution is -0.384. The van der Waals surface area contributed by atoms with E-state index in [4.69, 9.17) is 9.47 Å². The molecular formula is C19H18N2O6. The number of anilines is 1. The zero-order chi connectivity index (χ0) is 19.4. The highest BCUT2D eigenvalue weighted by molar-refractivity contribution is 5.99. The van der Waals surface area contributed by atoms with Crippen LogP contribution in [-0.2, 0) is 9.59 Å². The Labute approximate surface area is 155 Å². The smallest absolute Gasteiger partial charge is 0.316 e. The number of nitrogens with zero attached hydrogens (tertiary/aromatic N) is 2. The number of nitro benzene ring substituents is 1. The van der Waals surface area contributed by atoms with Crippen LogP contribution in [0.5, 0.6) is 11.5 Å². The molecule has 3 rings (SSSR count). The molecule has 1 heterocycles. The van der Waals surface area contributed by atoms with Gasteiger partial charge >= 0.3 is 5.97 Å². The van der Waals surface area contributed by atoms with Crippen LogP contribution in [0, 0.1) is 16.0 Å². The molecule has 0 spiro atoms. The highest BCUT2D eigenvalue weighted by Gasteiger charge is 2.36. The van der Waals surface area contributed by atoms with Crippen molar-refractivity contribution in [3.05, 3.63) is 58.6 Å². The molecule has 0 radical (unpaired) electrons. The van der Waals surface area contributed by atoms with E-state index in [1.807, 2.05) is 6.92 Å². The fourth-order valence-electron chi connectivity index (χ4n) is 2.84. The van der Waals surface area contributed by atoms with Gasteiger partial charge in [-0.2, -0.15) is 0 Å². The quantitative estimate of drug-likeness (QED) is 0.335. The molecule has 8 nitrogen and oxygen atoms in total. The summed E-state index contributed by atoms with van der Waals surface area (Å²) in [6, 6.07) is 12.3. The van der Waals surface area contributed by atoms with Gasteiger partial charge in [0.1, 0.15) is 11.5 Å². The van der Waals surface area contributed by atoms with Crippen LogP contribution in [0.1, 0.15) is 13.3 Å². The van der Waals surface area contributed by atoms with E-state index in [-0.39, 0.29) is 30.3 Å². The molecule has 1 fully saturated rings. The second-order valence-corrected chi connectivity index (χ2v) is 6.00. The Bertz CT molecular complexity index is 848. The molecule has 1 saturated heterocycles. The number of carbonyl (C=O) groups is 2. The van der Waals surface area contributed by atoms with Gasteiger partial charge in [0, 0.05) is 30.8 Å². The van der Waals surface area contributed by atoms with E-state index >= 15 is 0 Å². The average Bonchev–Trinajstić information content (AvgIpc) is 3.05. The van der Waals surface area contributed by atoms with Gasteiger partial charge in [0.25, 0.3) is 5.69 Å². The molecule has 0 bridgehead atoms. The molecule has 2 aromatic carbocycles. The lowest BCUT2D eigenvalue weighted by Gasteiger charge is -2.17. The molecule has 0 aromatic heterocycles. The highest BCUT2D eigenvalue weighted by Crippen LogP contribution is 2.28. The summed E-state index contributed by atoms with van der Waals surface area (Å²) in [5, 5.41) is 10.7. The molecule has 27 heavy (non-hydrogen) atoms. The van der Waals surface area contributed by atoms with Crippen LogP contribution in [0.2, 0.25) is 0 Å². The number of carbonyl (C=O) groups excluding carboxylic acids is 2. The standard InChI is InChI=1S/C19H18N2O6/c1-2-26-16-7-3-14(4-8-16)20-12-13(11-18(20)22)19(23)27-17-9-5-15(6-10-17)21(24)25/h3-10,13H,2,11-12H2,1H3/t13-/m1/s1. The molecule has 1 aliphatic heterocycles. The molecule has 1 amide bonds. The van der Waals surface area contributed by atoms with E-state index in [1.165, 1.54) is 29.2 Å². The number of benzene rings is 2. The van der Waals surface area contributed by atoms with E-state index < -0.39 is 16.8 Å². The minimum Gasteiger partial charge on any atom is -0.494 e. The third kappa shape index (κ3) is 4.22. The number of non-ortho nitro benzene ring substituents is 1. The minimum absolute atomic E-state index is 0.0546. The van der Waals surface area contributed by atoms with Crippen LogP contribution in [0.4, 0.5) is 11.4 Å². The number of hydrogen-bond donors (Lipinski definition) is 0. The van der Waals surface area contributed by atoms with Crippen LogP contribution >= 0.6 is 0 Å². The van der Waals surface area contributed by atoms with Crippen molar-refractivity contribution in [2.24, 2.45) is 5.92 Å². The number of amides is 1. The second kappa shape index (κ2) is 7.86. The van der Waals surface area contributed by atoms with E-state index in [1.54, 1.807) is 24.3 Å². The average molecular weight is 370 g/mol. The van der Waals surface area contributed by atoms with Gasteiger partial charge in [-0.15, -0.1) is 0 Å². The fraction of sp³-hybridized carbons (Fsp3) is 0.263. The maximum atomic E-state index is 12.3. The first kappa shape index (κ1) is 18.4. The number of ether oxygens (including phenoxy) is 2. The van der Waals surface area contributed by atoms with E-state index in [0.29, 0.717) is 18.0 Å². The first-order chi connectivity index (χ1) is 13.0. The summed E-state index contributed by atoms with van der Waals surface area (Å²) in [4.78, 5) is 36.3. The first-order valence-electron chi connectivity index (χ1n) is 8.47. The molecule has 1 atom stereocenters. The van der Waals surface area contributed by atoms with Crippen LogP contribution in [0.15, 0.2) is 48.5 Å². The summed E-state index contributed by atoms with van der Waals surface area (Å²) in [5.74, 6) is -0.380. The van der Waals surface area contributed by atoms with Crippen molar-refractivity contribution in [3.8, 4) is 11.5 Å². The van der Waals surface area contributed by atoms with Gasteiger partial charge in [-0.1, -0.05) is 0 Å². The summed E-state index contributed by atoms with van der Waals surface area (Å²) in [5.41, 5.74) is 0.599. The van der Waals surface area contributed by atoms with Crippen LogP contribution in [-0.4, -0.2) is 30.0 Å². The molecule has 140 valence electrons. The maximum Gasteiger partial charge on any atom is 0.316 e. The summed E-state index contributed by atoms with van der Waals surface area (Å²) < 4.78 is 10.6. The van der Waals surface area contributed by atoms with Crippen molar-refractivity contribution in [2.75, 3.05) is 18.1 Å². The number of hydrogen-bond acceptors (Lipinski definition) is 6. The zero-order valence-corrected chi connectivity index (χ0v) is 14.7. The highest BCUT2D eigenvalue weighted by atomic mass is 16.6. The molecule has 0 saturated carbocycles. The summed E-state index contributed by atoms with van der Waals surface area (Å²) in [6.07, 6.45) is 0.0546.